The molecule has 4 aliphatic heterocycles. The van der Waals surface area contributed by atoms with Gasteiger partial charge in [0.15, 0.2) is 0 Å². The number of anilines is 3. The standard InChI is InChI=1S/C48H54F3N13O3/c1-2-47(46(67)57-33-4-3-5-33)15-20-61(21-16-47)41-10-6-30(24-53-41)43-44-31(23-52)25-55-64(44)28-38(58-43)32-26-54-63(27-32)35-12-17-60(18-13-35)40-14-19-62(29-48(40,50)51)39-9-7-34(22-36(39)49)56-37-8-11-42(65)59-45(37)66/h6-7,9-10,22,24-28,33,35,37,40,56H,2-5,8,11-21,29H2,1H3,(H,57,67)(H,59,65,66)/t37-,40-/m1/s1. The van der Waals surface area contributed by atoms with Crippen molar-refractivity contribution >= 4 is 40.4 Å². The Kier molecular flexibility index (Phi) is 11.8. The number of pyridine rings is 1. The number of nitrogens with zero attached hydrogens (tertiary/aromatic N) is 10. The zero-order chi connectivity index (χ0) is 46.5. The summed E-state index contributed by atoms with van der Waals surface area (Å²) in [6.45, 7) is 4.08. The molecule has 1 aliphatic carbocycles. The lowest BCUT2D eigenvalue weighted by Crippen LogP contribution is -2.59. The van der Waals surface area contributed by atoms with Crippen molar-refractivity contribution in [2.75, 3.05) is 54.4 Å². The third-order valence-electron chi connectivity index (χ3n) is 14.9. The van der Waals surface area contributed by atoms with Gasteiger partial charge < -0.3 is 20.4 Å². The Morgan fingerprint density at radius 3 is 2.40 bits per heavy atom. The molecule has 8 heterocycles. The number of likely N-dealkylation sites (tertiary alicyclic amines) is 1. The number of aromatic nitrogens is 6. The SMILES string of the molecule is CCC1(C(=O)NC2CCC2)CCN(c2ccc(-c3nc(-c4cnn(C5CCN([C@@H]6CCN(c7ccc(N[C@@H]8CCC(=O)NC8=O)cc7F)CC6(F)F)CC5)c4)cn4ncc(C#N)c34)cn2)CC1. The number of carbonyl (C=O) groups excluding carboxylic acids is 3. The predicted octanol–water partition coefficient (Wildman–Crippen LogP) is 6.10. The highest BCUT2D eigenvalue weighted by atomic mass is 19.3. The molecule has 1 aromatic carbocycles. The minimum atomic E-state index is -3.10. The van der Waals surface area contributed by atoms with Crippen LogP contribution in [0.5, 0.6) is 0 Å². The topological polar surface area (TPSA) is 182 Å². The molecular formula is C48H54F3N13O3. The summed E-state index contributed by atoms with van der Waals surface area (Å²) in [6.07, 6.45) is 16.2. The van der Waals surface area contributed by atoms with Crippen molar-refractivity contribution in [3.8, 4) is 28.6 Å². The first kappa shape index (κ1) is 44.3. The second kappa shape index (κ2) is 17.9. The van der Waals surface area contributed by atoms with Crippen LogP contribution in [0.15, 0.2) is 61.3 Å². The van der Waals surface area contributed by atoms with Crippen LogP contribution in [0.25, 0.3) is 28.0 Å². The van der Waals surface area contributed by atoms with E-state index < -0.39 is 36.3 Å². The lowest BCUT2D eigenvalue weighted by molar-refractivity contribution is -0.134. The summed E-state index contributed by atoms with van der Waals surface area (Å²) in [6, 6.07) is 9.00. The highest BCUT2D eigenvalue weighted by Crippen LogP contribution is 2.40. The van der Waals surface area contributed by atoms with Gasteiger partial charge in [-0.15, -0.1) is 0 Å². The molecule has 350 valence electrons. The summed E-state index contributed by atoms with van der Waals surface area (Å²) in [4.78, 5) is 52.3. The van der Waals surface area contributed by atoms with E-state index in [9.17, 15) is 19.6 Å². The first-order chi connectivity index (χ1) is 32.4. The van der Waals surface area contributed by atoms with Crippen LogP contribution in [0, 0.1) is 22.6 Å². The molecule has 67 heavy (non-hydrogen) atoms. The van der Waals surface area contributed by atoms with E-state index in [0.717, 1.165) is 62.1 Å². The van der Waals surface area contributed by atoms with Crippen LogP contribution in [-0.4, -0.2) is 115 Å². The fourth-order valence-electron chi connectivity index (χ4n) is 10.5. The van der Waals surface area contributed by atoms with Gasteiger partial charge in [0.05, 0.1) is 59.7 Å². The van der Waals surface area contributed by atoms with Crippen molar-refractivity contribution in [3.63, 3.8) is 0 Å². The Morgan fingerprint density at radius 2 is 1.73 bits per heavy atom. The minimum Gasteiger partial charge on any atom is -0.374 e. The van der Waals surface area contributed by atoms with Gasteiger partial charge in [-0.05, 0) is 94.5 Å². The number of benzene rings is 1. The Bertz CT molecular complexity index is 2710. The number of amides is 3. The molecular weight excluding hydrogens is 864 g/mol. The van der Waals surface area contributed by atoms with E-state index in [4.69, 9.17) is 15.1 Å². The third-order valence-corrected chi connectivity index (χ3v) is 14.9. The zero-order valence-electron chi connectivity index (χ0n) is 37.4. The predicted molar refractivity (Wildman–Crippen MR) is 244 cm³/mol. The van der Waals surface area contributed by atoms with Gasteiger partial charge in [-0.2, -0.15) is 15.5 Å². The van der Waals surface area contributed by atoms with Crippen LogP contribution in [0.4, 0.5) is 30.4 Å². The van der Waals surface area contributed by atoms with Gasteiger partial charge in [-0.3, -0.25) is 29.3 Å². The van der Waals surface area contributed by atoms with E-state index in [0.29, 0.717) is 60.1 Å². The maximum absolute atomic E-state index is 15.9. The summed E-state index contributed by atoms with van der Waals surface area (Å²) in [7, 11) is 0. The van der Waals surface area contributed by atoms with E-state index in [1.54, 1.807) is 29.2 Å². The number of alkyl halides is 2. The van der Waals surface area contributed by atoms with Gasteiger partial charge in [0.25, 0.3) is 5.92 Å². The number of fused-ring (bicyclic) bond motifs is 1. The first-order valence-electron chi connectivity index (χ1n) is 23.5. The molecule has 5 aromatic rings. The lowest BCUT2D eigenvalue weighted by Gasteiger charge is -2.46. The number of hydrogen-bond donors (Lipinski definition) is 3. The van der Waals surface area contributed by atoms with Crippen molar-refractivity contribution in [2.24, 2.45) is 5.41 Å². The van der Waals surface area contributed by atoms with Crippen LogP contribution in [-0.2, 0) is 14.4 Å². The van der Waals surface area contributed by atoms with Crippen LogP contribution >= 0.6 is 0 Å². The number of piperidine rings is 4. The van der Waals surface area contributed by atoms with Crippen LogP contribution < -0.4 is 25.8 Å². The van der Waals surface area contributed by atoms with Gasteiger partial charge in [0.2, 0.25) is 17.7 Å². The van der Waals surface area contributed by atoms with Crippen molar-refractivity contribution in [1.29, 1.82) is 5.26 Å². The van der Waals surface area contributed by atoms with Crippen LogP contribution in [0.3, 0.4) is 0 Å². The molecule has 2 atom stereocenters. The zero-order valence-corrected chi connectivity index (χ0v) is 37.4. The maximum Gasteiger partial charge on any atom is 0.280 e. The number of imide groups is 1. The fraction of sp³-hybridized carbons (Fsp3) is 0.500. The van der Waals surface area contributed by atoms with Gasteiger partial charge in [-0.1, -0.05) is 6.92 Å². The number of halogens is 3. The number of nitrogens with one attached hydrogen (secondary N) is 3. The second-order valence-corrected chi connectivity index (χ2v) is 18.8. The summed E-state index contributed by atoms with van der Waals surface area (Å²) in [5, 5.41) is 27.7. The second-order valence-electron chi connectivity index (χ2n) is 18.8. The number of rotatable bonds is 11. The van der Waals surface area contributed by atoms with E-state index >= 15 is 13.2 Å². The average Bonchev–Trinajstić information content (AvgIpc) is 3.99. The molecule has 4 saturated heterocycles. The van der Waals surface area contributed by atoms with Crippen molar-refractivity contribution < 1.29 is 27.6 Å². The Balaban J connectivity index is 0.776. The van der Waals surface area contributed by atoms with E-state index in [-0.39, 0.29) is 54.8 Å². The van der Waals surface area contributed by atoms with Gasteiger partial charge in [0, 0.05) is 74.4 Å². The molecule has 0 spiro atoms. The molecule has 0 radical (unpaired) electrons. The number of hydrogen-bond acceptors (Lipinski definition) is 12. The lowest BCUT2D eigenvalue weighted by atomic mass is 9.74. The largest absolute Gasteiger partial charge is 0.374 e. The highest BCUT2D eigenvalue weighted by molar-refractivity contribution is 6.01. The quantitative estimate of drug-likeness (QED) is 0.130. The van der Waals surface area contributed by atoms with E-state index in [1.165, 1.54) is 29.7 Å². The molecule has 19 heteroatoms. The Labute approximate surface area is 385 Å². The molecule has 0 bridgehead atoms. The summed E-state index contributed by atoms with van der Waals surface area (Å²) >= 11 is 0. The van der Waals surface area contributed by atoms with E-state index in [1.807, 2.05) is 27.9 Å². The Hall–Kier alpha value is -6.55. The summed E-state index contributed by atoms with van der Waals surface area (Å²) < 4.78 is 50.8. The Morgan fingerprint density at radius 1 is 0.925 bits per heavy atom. The molecule has 5 fully saturated rings. The highest BCUT2D eigenvalue weighted by Gasteiger charge is 2.49. The molecule has 0 unspecified atom stereocenters. The average molecular weight is 918 g/mol. The molecule has 3 N–H and O–H groups in total. The third kappa shape index (κ3) is 8.67. The summed E-state index contributed by atoms with van der Waals surface area (Å²) in [5.41, 5.74) is 3.60. The molecule has 16 nitrogen and oxygen atoms in total. The molecule has 3 amide bonds. The molecule has 5 aliphatic rings. The summed E-state index contributed by atoms with van der Waals surface area (Å²) in [5.74, 6) is -3.60. The normalized spacial score (nSPS) is 22.6. The van der Waals surface area contributed by atoms with Crippen molar-refractivity contribution in [1.82, 2.24) is 44.9 Å². The molecule has 4 aromatic heterocycles. The van der Waals surface area contributed by atoms with Gasteiger partial charge in [-0.25, -0.2) is 27.7 Å². The fourth-order valence-corrected chi connectivity index (χ4v) is 10.5. The van der Waals surface area contributed by atoms with Crippen LogP contribution in [0.1, 0.15) is 89.2 Å². The van der Waals surface area contributed by atoms with E-state index in [2.05, 4.69) is 38.9 Å². The minimum absolute atomic E-state index is 0.0238. The maximum atomic E-state index is 15.9. The molecule has 10 rings (SSSR count). The smallest absolute Gasteiger partial charge is 0.280 e. The van der Waals surface area contributed by atoms with Crippen molar-refractivity contribution in [2.45, 2.75) is 108 Å². The molecule has 1 saturated carbocycles. The number of nitriles is 1. The van der Waals surface area contributed by atoms with Crippen molar-refractivity contribution in [3.05, 3.63) is 72.7 Å². The monoisotopic (exact) mass is 917 g/mol. The number of carbonyl (C=O) groups is 3. The first-order valence-corrected chi connectivity index (χ1v) is 23.5. The van der Waals surface area contributed by atoms with Gasteiger partial charge in [0.1, 0.15) is 34.8 Å². The van der Waals surface area contributed by atoms with Gasteiger partial charge >= 0.3 is 0 Å². The van der Waals surface area contributed by atoms with Crippen LogP contribution in [0.2, 0.25) is 0 Å².